The summed E-state index contributed by atoms with van der Waals surface area (Å²) in [6, 6.07) is 11.7. The third-order valence-corrected chi connectivity index (χ3v) is 9.77. The van der Waals surface area contributed by atoms with Crippen LogP contribution in [0.5, 0.6) is 0 Å². The maximum Gasteiger partial charge on any atom is 0.410 e. The lowest BCUT2D eigenvalue weighted by Crippen LogP contribution is -2.39. The average Bonchev–Trinajstić information content (AvgIpc) is 3.63. The van der Waals surface area contributed by atoms with Gasteiger partial charge in [-0.15, -0.1) is 11.3 Å². The van der Waals surface area contributed by atoms with Crippen molar-refractivity contribution in [3.05, 3.63) is 70.5 Å². The summed E-state index contributed by atoms with van der Waals surface area (Å²) in [5.74, 6) is -0.445. The van der Waals surface area contributed by atoms with Crippen molar-refractivity contribution in [1.29, 1.82) is 0 Å². The fourth-order valence-corrected chi connectivity index (χ4v) is 7.48. The van der Waals surface area contributed by atoms with Crippen LogP contribution in [0.3, 0.4) is 0 Å². The minimum atomic E-state index is -0.962. The van der Waals surface area contributed by atoms with Crippen LogP contribution in [-0.4, -0.2) is 67.6 Å². The molecule has 1 aliphatic heterocycles. The van der Waals surface area contributed by atoms with Crippen molar-refractivity contribution in [1.82, 2.24) is 24.6 Å². The van der Waals surface area contributed by atoms with Gasteiger partial charge in [0.15, 0.2) is 11.8 Å². The zero-order valence-corrected chi connectivity index (χ0v) is 32.2. The van der Waals surface area contributed by atoms with Gasteiger partial charge in [-0.1, -0.05) is 29.8 Å². The monoisotopic (exact) mass is 729 g/mol. The standard InChI is InChI=1S/C39H44ClN5O5S/c1-10-48-36(46)32(49-38(3,4)5)29-22(2)19-28-33(30(29)23-11-13-26(40)14-12-23)51-35(42-28)25-20-27-31(43-44(9)34(27)41-21-25)24-15-17-45(18-16-24)37(47)50-39(6,7)8/h11-15,19-21,32H,10,16-18H2,1-9H3/t32-/m0/s1. The summed E-state index contributed by atoms with van der Waals surface area (Å²) in [6.45, 7) is 16.4. The SMILES string of the molecule is CCOC(=O)[C@@H](OC(C)(C)C)c1c(C)cc2nc(-c3cnc4c(c3)c(C3=CCN(C(=O)OC(C)(C)C)CC3)nn4C)sc2c1-c1ccc(Cl)cc1. The Morgan fingerprint density at radius 1 is 1.04 bits per heavy atom. The van der Waals surface area contributed by atoms with Crippen molar-refractivity contribution in [3.8, 4) is 21.7 Å². The first-order chi connectivity index (χ1) is 24.0. The highest BCUT2D eigenvalue weighted by Crippen LogP contribution is 2.45. The molecule has 10 nitrogen and oxygen atoms in total. The number of carbonyl (C=O) groups is 2. The van der Waals surface area contributed by atoms with E-state index >= 15 is 0 Å². The summed E-state index contributed by atoms with van der Waals surface area (Å²) in [6.07, 6.45) is 3.23. The van der Waals surface area contributed by atoms with Crippen molar-refractivity contribution in [2.45, 2.75) is 79.1 Å². The number of hydrogen-bond donors (Lipinski definition) is 0. The largest absolute Gasteiger partial charge is 0.464 e. The summed E-state index contributed by atoms with van der Waals surface area (Å²) in [7, 11) is 1.88. The van der Waals surface area contributed by atoms with E-state index in [4.69, 9.17) is 40.9 Å². The molecular weight excluding hydrogens is 686 g/mol. The number of pyridine rings is 1. The lowest BCUT2D eigenvalue weighted by molar-refractivity contribution is -0.166. The van der Waals surface area contributed by atoms with Crippen LogP contribution < -0.4 is 0 Å². The maximum atomic E-state index is 13.5. The van der Waals surface area contributed by atoms with Gasteiger partial charge in [0.2, 0.25) is 0 Å². The number of aryl methyl sites for hydroxylation is 2. The molecule has 1 amide bonds. The molecule has 6 rings (SSSR count). The normalized spacial score (nSPS) is 14.5. The summed E-state index contributed by atoms with van der Waals surface area (Å²) >= 11 is 7.86. The van der Waals surface area contributed by atoms with Crippen molar-refractivity contribution < 1.29 is 23.8 Å². The highest BCUT2D eigenvalue weighted by molar-refractivity contribution is 7.22. The highest BCUT2D eigenvalue weighted by atomic mass is 35.5. The molecule has 0 saturated heterocycles. The molecule has 0 spiro atoms. The zero-order chi connectivity index (χ0) is 36.8. The van der Waals surface area contributed by atoms with Crippen molar-refractivity contribution in [2.75, 3.05) is 19.7 Å². The summed E-state index contributed by atoms with van der Waals surface area (Å²) < 4.78 is 20.3. The Morgan fingerprint density at radius 3 is 2.39 bits per heavy atom. The van der Waals surface area contributed by atoms with E-state index in [2.05, 4.69) is 6.07 Å². The molecule has 3 aromatic heterocycles. The van der Waals surface area contributed by atoms with Gasteiger partial charge < -0.3 is 19.1 Å². The number of halogens is 1. The van der Waals surface area contributed by atoms with Crippen LogP contribution in [0.15, 0.2) is 48.7 Å². The second-order valence-corrected chi connectivity index (χ2v) is 16.1. The van der Waals surface area contributed by atoms with Crippen LogP contribution in [0, 0.1) is 6.92 Å². The first kappa shape index (κ1) is 36.5. The molecule has 0 radical (unpaired) electrons. The second-order valence-electron chi connectivity index (χ2n) is 14.7. The molecule has 12 heteroatoms. The van der Waals surface area contributed by atoms with Crippen molar-refractivity contribution in [2.24, 2.45) is 7.05 Å². The molecular formula is C39H44ClN5O5S. The molecule has 2 aromatic carbocycles. The van der Waals surface area contributed by atoms with E-state index in [1.54, 1.807) is 16.5 Å². The van der Waals surface area contributed by atoms with Crippen molar-refractivity contribution in [3.63, 3.8) is 0 Å². The molecule has 0 aliphatic carbocycles. The first-order valence-corrected chi connectivity index (χ1v) is 18.3. The van der Waals surface area contributed by atoms with Gasteiger partial charge >= 0.3 is 12.1 Å². The van der Waals surface area contributed by atoms with E-state index < -0.39 is 23.3 Å². The third kappa shape index (κ3) is 7.80. The number of nitrogens with zero attached hydrogens (tertiary/aromatic N) is 5. The number of thiazole rings is 1. The fraction of sp³-hybridized carbons (Fsp3) is 0.410. The fourth-order valence-electron chi connectivity index (χ4n) is 6.24. The van der Waals surface area contributed by atoms with Gasteiger partial charge in [-0.05, 0) is 103 Å². The minimum absolute atomic E-state index is 0.232. The molecule has 268 valence electrons. The van der Waals surface area contributed by atoms with Gasteiger partial charge in [0.1, 0.15) is 10.6 Å². The molecule has 51 heavy (non-hydrogen) atoms. The van der Waals surface area contributed by atoms with Crippen LogP contribution in [0.25, 0.3) is 48.5 Å². The second kappa shape index (κ2) is 14.0. The molecule has 4 heterocycles. The Balaban J connectivity index is 1.46. The Bertz CT molecular complexity index is 2160. The van der Waals surface area contributed by atoms with Crippen LogP contribution in [0.4, 0.5) is 4.79 Å². The van der Waals surface area contributed by atoms with E-state index in [0.29, 0.717) is 24.5 Å². The van der Waals surface area contributed by atoms with E-state index in [9.17, 15) is 9.59 Å². The number of carbonyl (C=O) groups excluding carboxylic acids is 2. The first-order valence-electron chi connectivity index (χ1n) is 17.1. The molecule has 0 fully saturated rings. The molecule has 0 saturated carbocycles. The van der Waals surface area contributed by atoms with Gasteiger partial charge in [-0.3, -0.25) is 0 Å². The number of rotatable bonds is 7. The predicted molar refractivity (Wildman–Crippen MR) is 203 cm³/mol. The molecule has 0 bridgehead atoms. The van der Waals surface area contributed by atoms with Gasteiger partial charge in [-0.25, -0.2) is 24.2 Å². The molecule has 1 aliphatic rings. The van der Waals surface area contributed by atoms with E-state index in [1.165, 1.54) is 11.3 Å². The van der Waals surface area contributed by atoms with Gasteiger partial charge in [0.25, 0.3) is 0 Å². The van der Waals surface area contributed by atoms with Gasteiger partial charge in [-0.2, -0.15) is 5.10 Å². The third-order valence-electron chi connectivity index (χ3n) is 8.39. The van der Waals surface area contributed by atoms with Crippen LogP contribution in [0.1, 0.15) is 77.8 Å². The number of esters is 1. The number of hydrogen-bond acceptors (Lipinski definition) is 9. The van der Waals surface area contributed by atoms with Crippen molar-refractivity contribution >= 4 is 61.8 Å². The summed E-state index contributed by atoms with van der Waals surface area (Å²) in [5.41, 5.74) is 6.44. The summed E-state index contributed by atoms with van der Waals surface area (Å²) in [4.78, 5) is 37.9. The lowest BCUT2D eigenvalue weighted by Gasteiger charge is -2.29. The molecule has 1 atom stereocenters. The Kier molecular flexibility index (Phi) is 10.0. The molecule has 0 N–H and O–H groups in total. The minimum Gasteiger partial charge on any atom is -0.464 e. The maximum absolute atomic E-state index is 13.5. The lowest BCUT2D eigenvalue weighted by atomic mass is 9.91. The highest BCUT2D eigenvalue weighted by Gasteiger charge is 2.34. The topological polar surface area (TPSA) is 109 Å². The number of benzene rings is 2. The Morgan fingerprint density at radius 2 is 1.76 bits per heavy atom. The Hall–Kier alpha value is -4.32. The molecule has 0 unspecified atom stereocenters. The van der Waals surface area contributed by atoms with Crippen LogP contribution >= 0.6 is 22.9 Å². The predicted octanol–water partition coefficient (Wildman–Crippen LogP) is 9.32. The average molecular weight is 730 g/mol. The van der Waals surface area contributed by atoms with Crippen LogP contribution in [0.2, 0.25) is 5.02 Å². The van der Waals surface area contributed by atoms with E-state index in [0.717, 1.165) is 65.3 Å². The van der Waals surface area contributed by atoms with E-state index in [1.807, 2.05) is 98.1 Å². The quantitative estimate of drug-likeness (QED) is 0.153. The number of amides is 1. The number of fused-ring (bicyclic) bond motifs is 2. The number of ether oxygens (including phenoxy) is 3. The van der Waals surface area contributed by atoms with Gasteiger partial charge in [0.05, 0.1) is 28.1 Å². The zero-order valence-electron chi connectivity index (χ0n) is 30.6. The van der Waals surface area contributed by atoms with E-state index in [-0.39, 0.29) is 12.7 Å². The van der Waals surface area contributed by atoms with Crippen LogP contribution in [-0.2, 0) is 26.1 Å². The summed E-state index contributed by atoms with van der Waals surface area (Å²) in [5, 5.41) is 7.14. The molecule has 5 aromatic rings. The van der Waals surface area contributed by atoms with Gasteiger partial charge in [0, 0.05) is 53.4 Å². The smallest absolute Gasteiger partial charge is 0.410 e. The Labute approximate surface area is 307 Å². The number of aromatic nitrogens is 4.